The number of halogens is 1. The van der Waals surface area contributed by atoms with E-state index in [0.29, 0.717) is 5.38 Å². The molecule has 2 fully saturated rings. The Kier molecular flexibility index (Phi) is 2.41. The minimum absolute atomic E-state index is 0.522. The van der Waals surface area contributed by atoms with Crippen molar-refractivity contribution in [3.8, 4) is 0 Å². The summed E-state index contributed by atoms with van der Waals surface area (Å²) in [5.41, 5.74) is 0. The molecule has 2 aliphatic rings. The Labute approximate surface area is 74.3 Å². The van der Waals surface area contributed by atoms with Gasteiger partial charge in [0.2, 0.25) is 0 Å². The van der Waals surface area contributed by atoms with Crippen molar-refractivity contribution in [3.63, 3.8) is 0 Å². The van der Waals surface area contributed by atoms with Gasteiger partial charge in [-0.2, -0.15) is 0 Å². The number of hydrogen-bond acceptors (Lipinski definition) is 0. The fourth-order valence-electron chi connectivity index (χ4n) is 2.86. The molecular formula is C10H17Cl. The number of rotatable bonds is 0. The van der Waals surface area contributed by atoms with Crippen LogP contribution in [0.2, 0.25) is 0 Å². The van der Waals surface area contributed by atoms with E-state index in [1.54, 1.807) is 0 Å². The Morgan fingerprint density at radius 2 is 1.55 bits per heavy atom. The van der Waals surface area contributed by atoms with Gasteiger partial charge in [0.1, 0.15) is 0 Å². The lowest BCUT2D eigenvalue weighted by Gasteiger charge is -2.38. The topological polar surface area (TPSA) is 0 Å². The Morgan fingerprint density at radius 3 is 2.36 bits per heavy atom. The number of fused-ring (bicyclic) bond motifs is 1. The second kappa shape index (κ2) is 3.35. The molecule has 0 aliphatic heterocycles. The second-order valence-electron chi connectivity index (χ2n) is 4.16. The van der Waals surface area contributed by atoms with Gasteiger partial charge in [-0.25, -0.2) is 0 Å². The summed E-state index contributed by atoms with van der Waals surface area (Å²) in [6.45, 7) is 0. The van der Waals surface area contributed by atoms with Gasteiger partial charge >= 0.3 is 0 Å². The number of alkyl halides is 1. The summed E-state index contributed by atoms with van der Waals surface area (Å²) in [7, 11) is 0. The van der Waals surface area contributed by atoms with Crippen molar-refractivity contribution in [1.82, 2.24) is 0 Å². The molecule has 0 aromatic rings. The minimum Gasteiger partial charge on any atom is -0.123 e. The van der Waals surface area contributed by atoms with Crippen LogP contribution in [0.25, 0.3) is 0 Å². The lowest BCUT2D eigenvalue weighted by Crippen LogP contribution is -2.31. The van der Waals surface area contributed by atoms with E-state index in [1.165, 1.54) is 44.9 Å². The standard InChI is InChI=1S/C10H17Cl/c11-10-7-3-5-8-4-1-2-6-9(8)10/h8-10H,1-7H2/t8-,9-,10+/m0/s1. The van der Waals surface area contributed by atoms with Crippen LogP contribution in [0, 0.1) is 11.8 Å². The van der Waals surface area contributed by atoms with Crippen LogP contribution in [-0.2, 0) is 0 Å². The summed E-state index contributed by atoms with van der Waals surface area (Å²) in [4.78, 5) is 0. The first-order valence-corrected chi connectivity index (χ1v) is 5.45. The summed E-state index contributed by atoms with van der Waals surface area (Å²) >= 11 is 6.29. The zero-order valence-corrected chi connectivity index (χ0v) is 7.82. The highest BCUT2D eigenvalue weighted by molar-refractivity contribution is 6.20. The molecule has 2 saturated carbocycles. The SMILES string of the molecule is Cl[C@@H]1CCC[C@@H]2CCCC[C@@H]21. The molecule has 0 saturated heterocycles. The first-order chi connectivity index (χ1) is 5.38. The van der Waals surface area contributed by atoms with Crippen LogP contribution in [0.5, 0.6) is 0 Å². The van der Waals surface area contributed by atoms with Gasteiger partial charge in [0, 0.05) is 5.38 Å². The molecule has 0 nitrogen and oxygen atoms in total. The highest BCUT2D eigenvalue weighted by Gasteiger charge is 2.33. The van der Waals surface area contributed by atoms with Gasteiger partial charge in [-0.1, -0.05) is 32.1 Å². The van der Waals surface area contributed by atoms with E-state index in [4.69, 9.17) is 11.6 Å². The highest BCUT2D eigenvalue weighted by atomic mass is 35.5. The Morgan fingerprint density at radius 1 is 0.818 bits per heavy atom. The number of hydrogen-bond donors (Lipinski definition) is 0. The summed E-state index contributed by atoms with van der Waals surface area (Å²) in [5, 5.41) is 0.522. The fourth-order valence-corrected chi connectivity index (χ4v) is 3.35. The average molecular weight is 173 g/mol. The van der Waals surface area contributed by atoms with Gasteiger partial charge in [0.25, 0.3) is 0 Å². The van der Waals surface area contributed by atoms with Crippen molar-refractivity contribution in [2.24, 2.45) is 11.8 Å². The molecule has 2 rings (SSSR count). The predicted molar refractivity (Wildman–Crippen MR) is 48.9 cm³/mol. The van der Waals surface area contributed by atoms with E-state index in [0.717, 1.165) is 11.8 Å². The smallest absolute Gasteiger partial charge is 0.0366 e. The maximum Gasteiger partial charge on any atom is 0.0366 e. The van der Waals surface area contributed by atoms with Crippen LogP contribution in [0.4, 0.5) is 0 Å². The van der Waals surface area contributed by atoms with E-state index in [2.05, 4.69) is 0 Å². The summed E-state index contributed by atoms with van der Waals surface area (Å²) in [6, 6.07) is 0. The first-order valence-electron chi connectivity index (χ1n) is 5.02. The molecule has 0 amide bonds. The van der Waals surface area contributed by atoms with Gasteiger partial charge in [0.05, 0.1) is 0 Å². The van der Waals surface area contributed by atoms with Gasteiger partial charge in [0.15, 0.2) is 0 Å². The summed E-state index contributed by atoms with van der Waals surface area (Å²) in [6.07, 6.45) is 9.91. The van der Waals surface area contributed by atoms with Crippen LogP contribution >= 0.6 is 11.6 Å². The summed E-state index contributed by atoms with van der Waals surface area (Å²) in [5.74, 6) is 1.89. The molecule has 1 heteroatoms. The molecule has 0 bridgehead atoms. The van der Waals surface area contributed by atoms with E-state index in [1.807, 2.05) is 0 Å². The molecule has 64 valence electrons. The normalized spacial score (nSPS) is 45.0. The van der Waals surface area contributed by atoms with E-state index < -0.39 is 0 Å². The van der Waals surface area contributed by atoms with Crippen molar-refractivity contribution in [1.29, 1.82) is 0 Å². The monoisotopic (exact) mass is 172 g/mol. The largest absolute Gasteiger partial charge is 0.123 e. The molecule has 0 spiro atoms. The Bertz CT molecular complexity index is 131. The van der Waals surface area contributed by atoms with Crippen molar-refractivity contribution in [3.05, 3.63) is 0 Å². The average Bonchev–Trinajstić information content (AvgIpc) is 2.06. The van der Waals surface area contributed by atoms with Crippen molar-refractivity contribution >= 4 is 11.6 Å². The zero-order chi connectivity index (χ0) is 7.68. The van der Waals surface area contributed by atoms with Crippen molar-refractivity contribution in [2.75, 3.05) is 0 Å². The zero-order valence-electron chi connectivity index (χ0n) is 7.06. The molecule has 0 unspecified atom stereocenters. The molecule has 0 aromatic carbocycles. The van der Waals surface area contributed by atoms with Crippen LogP contribution in [0.15, 0.2) is 0 Å². The van der Waals surface area contributed by atoms with Crippen molar-refractivity contribution < 1.29 is 0 Å². The maximum absolute atomic E-state index is 6.29. The van der Waals surface area contributed by atoms with Crippen LogP contribution in [0.1, 0.15) is 44.9 Å². The Hall–Kier alpha value is 0.290. The molecule has 2 aliphatic carbocycles. The lowest BCUT2D eigenvalue weighted by molar-refractivity contribution is 0.176. The predicted octanol–water partition coefficient (Wildman–Crippen LogP) is 3.58. The molecule has 0 heterocycles. The van der Waals surface area contributed by atoms with E-state index >= 15 is 0 Å². The molecule has 0 aromatic heterocycles. The van der Waals surface area contributed by atoms with E-state index in [-0.39, 0.29) is 0 Å². The minimum atomic E-state index is 0.522. The molecule has 0 N–H and O–H groups in total. The van der Waals surface area contributed by atoms with Gasteiger partial charge in [-0.15, -0.1) is 11.6 Å². The lowest BCUT2D eigenvalue weighted by atomic mass is 9.71. The molecule has 11 heavy (non-hydrogen) atoms. The molecular weight excluding hydrogens is 156 g/mol. The van der Waals surface area contributed by atoms with Crippen LogP contribution in [-0.4, -0.2) is 5.38 Å². The second-order valence-corrected chi connectivity index (χ2v) is 4.72. The molecule has 3 atom stereocenters. The van der Waals surface area contributed by atoms with Gasteiger partial charge in [-0.3, -0.25) is 0 Å². The van der Waals surface area contributed by atoms with Crippen LogP contribution in [0.3, 0.4) is 0 Å². The third-order valence-corrected chi connectivity index (χ3v) is 4.03. The summed E-state index contributed by atoms with van der Waals surface area (Å²) < 4.78 is 0. The highest BCUT2D eigenvalue weighted by Crippen LogP contribution is 2.42. The quantitative estimate of drug-likeness (QED) is 0.490. The maximum atomic E-state index is 6.29. The Balaban J connectivity index is 1.99. The third-order valence-electron chi connectivity index (χ3n) is 3.49. The molecule has 0 radical (unpaired) electrons. The van der Waals surface area contributed by atoms with E-state index in [9.17, 15) is 0 Å². The van der Waals surface area contributed by atoms with Crippen molar-refractivity contribution in [2.45, 2.75) is 50.3 Å². The van der Waals surface area contributed by atoms with Crippen LogP contribution < -0.4 is 0 Å². The third kappa shape index (κ3) is 1.56. The first kappa shape index (κ1) is 7.91. The fraction of sp³-hybridized carbons (Fsp3) is 1.00. The van der Waals surface area contributed by atoms with Gasteiger partial charge in [-0.05, 0) is 24.7 Å². The van der Waals surface area contributed by atoms with Gasteiger partial charge < -0.3 is 0 Å².